The molecule has 57 heavy (non-hydrogen) atoms. The molecule has 0 aromatic carbocycles. The number of anilines is 3. The van der Waals surface area contributed by atoms with Gasteiger partial charge in [-0.05, 0) is 34.6 Å². The summed E-state index contributed by atoms with van der Waals surface area (Å²) in [6.45, 7) is 12.8. The summed E-state index contributed by atoms with van der Waals surface area (Å²) >= 11 is 0. The molecule has 3 aromatic rings. The van der Waals surface area contributed by atoms with Crippen LogP contribution in [0.5, 0.6) is 0 Å². The summed E-state index contributed by atoms with van der Waals surface area (Å²) < 4.78 is 24.0. The molecule has 3 aromatic heterocycles. The topological polar surface area (TPSA) is 326 Å². The standard InChI is InChI=1S/C8H12N4O.C8H10N4.C7H11N3O.C7H13NO3.C4H7NO.C2H6N2/c1-5-10-3-7(8(9)12-5)4-11-6(2)13;1-5-9-3-7-4-10-6(2)12-8(7)11-5;1-5-9-3-6(4-11-2)7(8)10-5;1-9-5-6(4-8)7(10-2)11-3;1-6-4-2-3-5;1-2(3)4/h3H,4H2,1-2H3,(H,11,13)(H2,9,10,12);3H,4H2,1-2H3,(H,9,10,11,12);3H,4H2,1-2H3,(H2,8,9,10);6-7H,5H2,1-3H3;2,4H2,1H3;1H3,(H3,3,4). The fraction of sp³-hybridized carbons (Fsp3) is 0.528. The second kappa shape index (κ2) is 32.3. The van der Waals surface area contributed by atoms with Crippen molar-refractivity contribution >= 4 is 35.0 Å². The Balaban J connectivity index is 0. The van der Waals surface area contributed by atoms with E-state index in [9.17, 15) is 4.79 Å². The molecule has 1 unspecified atom stereocenters. The zero-order valence-corrected chi connectivity index (χ0v) is 34.8. The number of hydrogen-bond donors (Lipinski definition) is 6. The van der Waals surface area contributed by atoms with E-state index in [1.807, 2.05) is 32.2 Å². The number of aromatic nitrogens is 6. The Bertz CT molecular complexity index is 1720. The summed E-state index contributed by atoms with van der Waals surface area (Å²) in [4.78, 5) is 39.1. The fourth-order valence-corrected chi connectivity index (χ4v) is 3.71. The van der Waals surface area contributed by atoms with Crippen LogP contribution in [0.15, 0.2) is 23.6 Å². The normalized spacial score (nSPS) is 10.9. The Kier molecular flexibility index (Phi) is 30.1. The van der Waals surface area contributed by atoms with Crippen LogP contribution in [-0.4, -0.2) is 103 Å². The summed E-state index contributed by atoms with van der Waals surface area (Å²) in [5.74, 6) is 4.54. The van der Waals surface area contributed by atoms with Crippen molar-refractivity contribution in [1.82, 2.24) is 35.2 Å². The van der Waals surface area contributed by atoms with Gasteiger partial charge in [-0.1, -0.05) is 0 Å². The van der Waals surface area contributed by atoms with Gasteiger partial charge in [-0.15, -0.1) is 0 Å². The average molecular weight is 798 g/mol. The molecule has 0 radical (unpaired) electrons. The minimum Gasteiger partial charge on any atom is -0.388 e. The fourth-order valence-electron chi connectivity index (χ4n) is 3.71. The summed E-state index contributed by atoms with van der Waals surface area (Å²) in [6.07, 6.45) is 5.12. The summed E-state index contributed by atoms with van der Waals surface area (Å²) in [5, 5.41) is 28.5. The number of aryl methyl sites for hydroxylation is 3. The number of nitrogens with one attached hydrogen (secondary N) is 3. The number of nitrogens with zero attached hydrogens (tertiary/aromatic N) is 9. The predicted octanol–water partition coefficient (Wildman–Crippen LogP) is 2.53. The van der Waals surface area contributed by atoms with Crippen LogP contribution in [0.3, 0.4) is 0 Å². The number of nitriles is 2. The molecule has 0 spiro atoms. The number of carbonyl (C=O) groups excluding carboxylic acids is 1. The minimum atomic E-state index is -0.500. The average Bonchev–Trinajstić information content (AvgIpc) is 3.15. The van der Waals surface area contributed by atoms with Gasteiger partial charge in [-0.3, -0.25) is 15.2 Å². The van der Waals surface area contributed by atoms with Crippen LogP contribution >= 0.6 is 0 Å². The Morgan fingerprint density at radius 2 is 1.40 bits per heavy atom. The molecule has 21 nitrogen and oxygen atoms in total. The van der Waals surface area contributed by atoms with E-state index >= 15 is 0 Å². The number of carbonyl (C=O) groups is 1. The van der Waals surface area contributed by atoms with Gasteiger partial charge >= 0.3 is 0 Å². The zero-order valence-electron chi connectivity index (χ0n) is 34.8. The maximum absolute atomic E-state index is 10.6. The van der Waals surface area contributed by atoms with Crippen molar-refractivity contribution in [3.05, 3.63) is 52.8 Å². The van der Waals surface area contributed by atoms with Crippen LogP contribution in [0.1, 0.15) is 61.4 Å². The van der Waals surface area contributed by atoms with Gasteiger partial charge in [-0.2, -0.15) is 10.5 Å². The van der Waals surface area contributed by atoms with Crippen molar-refractivity contribution < 1.29 is 28.5 Å². The molecular weight excluding hydrogens is 738 g/mol. The van der Waals surface area contributed by atoms with E-state index in [1.54, 1.807) is 40.5 Å². The van der Waals surface area contributed by atoms with Crippen LogP contribution in [0.4, 0.5) is 17.5 Å². The van der Waals surface area contributed by atoms with Crippen LogP contribution in [0.25, 0.3) is 0 Å². The van der Waals surface area contributed by atoms with Gasteiger partial charge in [0.15, 0.2) is 6.29 Å². The number of hydrogen-bond acceptors (Lipinski definition) is 19. The number of fused-ring (bicyclic) bond motifs is 1. The van der Waals surface area contributed by atoms with Gasteiger partial charge in [0.25, 0.3) is 0 Å². The van der Waals surface area contributed by atoms with E-state index in [2.05, 4.69) is 50.3 Å². The Labute approximate surface area is 335 Å². The lowest BCUT2D eigenvalue weighted by atomic mass is 10.2. The highest BCUT2D eigenvalue weighted by Crippen LogP contribution is 2.16. The van der Waals surface area contributed by atoms with E-state index in [0.29, 0.717) is 62.6 Å². The first-order chi connectivity index (χ1) is 27.0. The molecular formula is C36H59N15O6. The first-order valence-corrected chi connectivity index (χ1v) is 17.1. The second-order valence-electron chi connectivity index (χ2n) is 11.4. The van der Waals surface area contributed by atoms with Crippen LogP contribution < -0.4 is 27.8 Å². The first-order valence-electron chi connectivity index (χ1n) is 17.1. The van der Waals surface area contributed by atoms with Crippen molar-refractivity contribution in [2.45, 2.75) is 73.9 Å². The molecule has 1 amide bonds. The van der Waals surface area contributed by atoms with Crippen LogP contribution in [-0.2, 0) is 48.2 Å². The third kappa shape index (κ3) is 26.5. The minimum absolute atomic E-state index is 0.0972. The molecule has 1 atom stereocenters. The molecule has 9 N–H and O–H groups in total. The third-order valence-electron chi connectivity index (χ3n) is 6.36. The van der Waals surface area contributed by atoms with E-state index in [4.69, 9.17) is 52.1 Å². The smallest absolute Gasteiger partial charge is 0.217 e. The Morgan fingerprint density at radius 1 is 0.877 bits per heavy atom. The monoisotopic (exact) mass is 797 g/mol. The maximum atomic E-state index is 10.6. The molecule has 4 heterocycles. The highest BCUT2D eigenvalue weighted by Gasteiger charge is 2.19. The lowest BCUT2D eigenvalue weighted by Gasteiger charge is -2.17. The van der Waals surface area contributed by atoms with Gasteiger partial charge in [0.1, 0.15) is 40.8 Å². The van der Waals surface area contributed by atoms with Gasteiger partial charge in [0.2, 0.25) is 5.91 Å². The first kappa shape index (κ1) is 53.1. The maximum Gasteiger partial charge on any atom is 0.217 e. The number of amidine groups is 2. The molecule has 0 saturated heterocycles. The SMILES string of the molecule is CC(=N)N.CC(=O)NCc1cnc(C)nc1N.CC1=NCc2cnc(C)nc2N1.COCC(C#N)C(OC)OC.COCCC#N.COCc1cnc(C)nc1N. The molecule has 0 fully saturated rings. The third-order valence-corrected chi connectivity index (χ3v) is 6.36. The quantitative estimate of drug-likeness (QED) is 0.0702. The van der Waals surface area contributed by atoms with E-state index < -0.39 is 6.29 Å². The van der Waals surface area contributed by atoms with Crippen LogP contribution in [0.2, 0.25) is 0 Å². The summed E-state index contributed by atoms with van der Waals surface area (Å²) in [7, 11) is 7.71. The molecule has 4 rings (SSSR count). The summed E-state index contributed by atoms with van der Waals surface area (Å²) in [5.41, 5.74) is 18.5. The largest absolute Gasteiger partial charge is 0.388 e. The number of methoxy groups -OCH3 is 5. The van der Waals surface area contributed by atoms with Crippen molar-refractivity contribution in [2.75, 3.05) is 65.5 Å². The number of nitrogen functional groups attached to an aromatic ring is 2. The molecule has 1 aliphatic heterocycles. The molecule has 0 saturated carbocycles. The van der Waals surface area contributed by atoms with Gasteiger partial charge in [0.05, 0.1) is 56.6 Å². The molecule has 1 aliphatic rings. The predicted molar refractivity (Wildman–Crippen MR) is 216 cm³/mol. The van der Waals surface area contributed by atoms with Crippen LogP contribution in [0, 0.1) is 54.8 Å². The Morgan fingerprint density at radius 3 is 1.82 bits per heavy atom. The number of nitrogens with two attached hydrogens (primary N) is 3. The van der Waals surface area contributed by atoms with Gasteiger partial charge in [-0.25, -0.2) is 29.9 Å². The number of amides is 1. The lowest BCUT2D eigenvalue weighted by Crippen LogP contribution is -2.27. The highest BCUT2D eigenvalue weighted by atomic mass is 16.7. The number of aliphatic imine (C=N–C) groups is 1. The van der Waals surface area contributed by atoms with E-state index in [0.717, 1.165) is 34.2 Å². The summed E-state index contributed by atoms with van der Waals surface area (Å²) in [6, 6.07) is 3.97. The molecule has 0 aliphatic carbocycles. The van der Waals surface area contributed by atoms with E-state index in [-0.39, 0.29) is 17.7 Å². The van der Waals surface area contributed by atoms with Crippen molar-refractivity contribution in [3.63, 3.8) is 0 Å². The van der Waals surface area contributed by atoms with E-state index in [1.165, 1.54) is 35.2 Å². The Hall–Kier alpha value is -5.97. The zero-order chi connectivity index (χ0) is 43.8. The van der Waals surface area contributed by atoms with Crippen molar-refractivity contribution in [3.8, 4) is 12.1 Å². The van der Waals surface area contributed by atoms with Crippen molar-refractivity contribution in [2.24, 2.45) is 16.6 Å². The van der Waals surface area contributed by atoms with Gasteiger partial charge in [0, 0.05) is 84.3 Å². The van der Waals surface area contributed by atoms with Crippen molar-refractivity contribution in [1.29, 1.82) is 15.9 Å². The molecule has 21 heteroatoms. The molecule has 0 bridgehead atoms. The van der Waals surface area contributed by atoms with Gasteiger partial charge < -0.3 is 51.5 Å². The highest BCUT2D eigenvalue weighted by molar-refractivity contribution is 5.94. The number of rotatable bonds is 11. The second-order valence-corrected chi connectivity index (χ2v) is 11.4. The molecule has 314 valence electrons. The number of ether oxygens (including phenoxy) is 5. The lowest BCUT2D eigenvalue weighted by molar-refractivity contribution is -0.134.